The molecule has 2 aromatic rings. The van der Waals surface area contributed by atoms with E-state index >= 15 is 0 Å². The van der Waals surface area contributed by atoms with Gasteiger partial charge in [0.15, 0.2) is 23.0 Å². The molecule has 0 aromatic heterocycles. The Bertz CT molecular complexity index is 798. The molecular weight excluding hydrogens is 328 g/mol. The minimum absolute atomic E-state index is 0.246. The quantitative estimate of drug-likeness (QED) is 0.487. The number of hydrogen-bond acceptors (Lipinski definition) is 7. The predicted octanol–water partition coefficient (Wildman–Crippen LogP) is 2.11. The number of phenols is 4. The minimum atomic E-state index is -0.584. The molecule has 0 unspecified atom stereocenters. The van der Waals surface area contributed by atoms with E-state index in [1.165, 1.54) is 24.3 Å². The fraction of sp³-hybridized carbons (Fsp3) is 0.278. The number of carbonyl (C=O) groups excluding carboxylic acids is 1. The summed E-state index contributed by atoms with van der Waals surface area (Å²) in [6.07, 6.45) is -1.17. The zero-order chi connectivity index (χ0) is 17.7. The van der Waals surface area contributed by atoms with E-state index in [0.29, 0.717) is 11.1 Å². The lowest BCUT2D eigenvalue weighted by Crippen LogP contribution is -2.17. The third kappa shape index (κ3) is 2.44. The van der Waals surface area contributed by atoms with Crippen LogP contribution < -0.4 is 0 Å². The van der Waals surface area contributed by atoms with Gasteiger partial charge in [0.2, 0.25) is 0 Å². The number of ether oxygens (including phenoxy) is 2. The van der Waals surface area contributed by atoms with Crippen molar-refractivity contribution in [1.82, 2.24) is 0 Å². The van der Waals surface area contributed by atoms with Gasteiger partial charge >= 0.3 is 5.97 Å². The summed E-state index contributed by atoms with van der Waals surface area (Å²) < 4.78 is 11.3. The summed E-state index contributed by atoms with van der Waals surface area (Å²) in [5, 5.41) is 38.2. The summed E-state index contributed by atoms with van der Waals surface area (Å²) in [6, 6.07) is 8.61. The molecule has 0 aliphatic carbocycles. The number of fused-ring (bicyclic) bond motifs is 1. The molecule has 2 aliphatic rings. The van der Waals surface area contributed by atoms with E-state index in [0.717, 1.165) is 0 Å². The van der Waals surface area contributed by atoms with Crippen molar-refractivity contribution in [2.75, 3.05) is 6.61 Å². The molecule has 7 nitrogen and oxygen atoms in total. The van der Waals surface area contributed by atoms with Gasteiger partial charge in [0, 0.05) is 5.92 Å². The van der Waals surface area contributed by atoms with E-state index in [9.17, 15) is 25.2 Å². The first kappa shape index (κ1) is 15.6. The van der Waals surface area contributed by atoms with Crippen LogP contribution in [0.1, 0.15) is 23.3 Å². The number of cyclic esters (lactones) is 1. The number of rotatable bonds is 2. The molecule has 2 fully saturated rings. The van der Waals surface area contributed by atoms with Crippen LogP contribution >= 0.6 is 0 Å². The molecule has 7 heteroatoms. The molecule has 0 spiro atoms. The van der Waals surface area contributed by atoms with Crippen LogP contribution in [0.3, 0.4) is 0 Å². The highest BCUT2D eigenvalue weighted by Crippen LogP contribution is 2.52. The highest BCUT2D eigenvalue weighted by molar-refractivity contribution is 5.77. The maximum atomic E-state index is 12.4. The first-order valence-electron chi connectivity index (χ1n) is 7.81. The largest absolute Gasteiger partial charge is 0.504 e. The highest BCUT2D eigenvalue weighted by Gasteiger charge is 2.54. The number of aromatic hydroxyl groups is 4. The summed E-state index contributed by atoms with van der Waals surface area (Å²) in [7, 11) is 0. The molecule has 2 heterocycles. The van der Waals surface area contributed by atoms with E-state index in [-0.39, 0.29) is 35.5 Å². The van der Waals surface area contributed by atoms with Gasteiger partial charge in [-0.25, -0.2) is 0 Å². The first-order valence-corrected chi connectivity index (χ1v) is 7.81. The van der Waals surface area contributed by atoms with E-state index in [4.69, 9.17) is 9.47 Å². The van der Waals surface area contributed by atoms with E-state index in [1.54, 1.807) is 12.1 Å². The Labute approximate surface area is 142 Å². The van der Waals surface area contributed by atoms with Crippen molar-refractivity contribution in [3.63, 3.8) is 0 Å². The average Bonchev–Trinajstić information content (AvgIpc) is 3.15. The Morgan fingerprint density at radius 3 is 1.92 bits per heavy atom. The minimum Gasteiger partial charge on any atom is -0.504 e. The molecule has 2 aliphatic heterocycles. The van der Waals surface area contributed by atoms with Crippen LogP contribution in [0.15, 0.2) is 36.4 Å². The van der Waals surface area contributed by atoms with Crippen LogP contribution in [-0.2, 0) is 14.3 Å². The number of benzene rings is 2. The Balaban J connectivity index is 1.65. The van der Waals surface area contributed by atoms with Crippen molar-refractivity contribution in [1.29, 1.82) is 0 Å². The highest BCUT2D eigenvalue weighted by atomic mass is 16.6. The van der Waals surface area contributed by atoms with Crippen molar-refractivity contribution in [2.45, 2.75) is 12.2 Å². The van der Waals surface area contributed by atoms with Crippen molar-refractivity contribution < 1.29 is 34.7 Å². The molecule has 25 heavy (non-hydrogen) atoms. The van der Waals surface area contributed by atoms with Crippen molar-refractivity contribution in [3.05, 3.63) is 47.5 Å². The zero-order valence-electron chi connectivity index (χ0n) is 13.0. The fourth-order valence-corrected chi connectivity index (χ4v) is 3.57. The molecule has 2 saturated heterocycles. The fourth-order valence-electron chi connectivity index (χ4n) is 3.57. The number of carbonyl (C=O) groups is 1. The number of esters is 1. The summed E-state index contributed by atoms with van der Waals surface area (Å²) >= 11 is 0. The van der Waals surface area contributed by atoms with E-state index < -0.39 is 24.1 Å². The Morgan fingerprint density at radius 1 is 0.800 bits per heavy atom. The van der Waals surface area contributed by atoms with Crippen LogP contribution in [0.25, 0.3) is 0 Å². The lowest BCUT2D eigenvalue weighted by atomic mass is 9.84. The van der Waals surface area contributed by atoms with Gasteiger partial charge in [-0.05, 0) is 35.4 Å². The van der Waals surface area contributed by atoms with Gasteiger partial charge in [0.25, 0.3) is 0 Å². The van der Waals surface area contributed by atoms with Crippen molar-refractivity contribution in [3.8, 4) is 23.0 Å². The van der Waals surface area contributed by atoms with Crippen molar-refractivity contribution in [2.24, 2.45) is 11.8 Å². The molecule has 4 atom stereocenters. The predicted molar refractivity (Wildman–Crippen MR) is 84.0 cm³/mol. The normalized spacial score (nSPS) is 27.9. The van der Waals surface area contributed by atoms with Crippen LogP contribution in [0, 0.1) is 11.8 Å². The molecule has 130 valence electrons. The third-order valence-corrected chi connectivity index (χ3v) is 4.82. The molecule has 0 bridgehead atoms. The Hall–Kier alpha value is -2.93. The SMILES string of the molecule is O=C1O[C@H](c2ccc(O)c(O)c2)[C@H]2CO[C@H](c3ccc(O)c(O)c3)[C@@H]12. The second kappa shape index (κ2) is 5.56. The summed E-state index contributed by atoms with van der Waals surface area (Å²) in [6.45, 7) is 0.273. The Kier molecular flexibility index (Phi) is 3.47. The molecular formula is C18H16O7. The summed E-state index contributed by atoms with van der Waals surface area (Å²) in [5.74, 6) is -2.28. The smallest absolute Gasteiger partial charge is 0.313 e. The summed E-state index contributed by atoms with van der Waals surface area (Å²) in [4.78, 5) is 12.4. The molecule has 0 amide bonds. The lowest BCUT2D eigenvalue weighted by molar-refractivity contribution is -0.148. The summed E-state index contributed by atoms with van der Waals surface area (Å²) in [5.41, 5.74) is 1.16. The topological polar surface area (TPSA) is 116 Å². The number of hydrogen-bond donors (Lipinski definition) is 4. The van der Waals surface area contributed by atoms with Crippen LogP contribution in [0.5, 0.6) is 23.0 Å². The second-order valence-corrected chi connectivity index (χ2v) is 6.30. The van der Waals surface area contributed by atoms with E-state index in [1.807, 2.05) is 0 Å². The van der Waals surface area contributed by atoms with Crippen LogP contribution in [-0.4, -0.2) is 33.0 Å². The number of phenolic OH excluding ortho intramolecular Hbond substituents is 4. The molecule has 0 saturated carbocycles. The van der Waals surface area contributed by atoms with Gasteiger partial charge in [0.1, 0.15) is 6.10 Å². The van der Waals surface area contributed by atoms with Gasteiger partial charge < -0.3 is 29.9 Å². The van der Waals surface area contributed by atoms with Gasteiger partial charge in [-0.15, -0.1) is 0 Å². The van der Waals surface area contributed by atoms with Gasteiger partial charge in [0.05, 0.1) is 18.6 Å². The van der Waals surface area contributed by atoms with Gasteiger partial charge in [-0.1, -0.05) is 12.1 Å². The maximum Gasteiger partial charge on any atom is 0.313 e. The molecule has 4 N–H and O–H groups in total. The van der Waals surface area contributed by atoms with Crippen LogP contribution in [0.2, 0.25) is 0 Å². The van der Waals surface area contributed by atoms with Gasteiger partial charge in [-0.3, -0.25) is 4.79 Å². The zero-order valence-corrected chi connectivity index (χ0v) is 13.0. The lowest BCUT2D eigenvalue weighted by Gasteiger charge is -2.15. The third-order valence-electron chi connectivity index (χ3n) is 4.82. The second-order valence-electron chi connectivity index (χ2n) is 6.30. The standard InChI is InChI=1S/C18H16O7/c19-11-3-1-8(5-13(11)21)16-10-7-24-17(15(10)18(23)25-16)9-2-4-12(20)14(22)6-9/h1-6,10,15-17,19-22H,7H2/t10-,15-,16+,17+/m0/s1. The molecule has 2 aromatic carbocycles. The van der Waals surface area contributed by atoms with E-state index in [2.05, 4.69) is 0 Å². The van der Waals surface area contributed by atoms with Crippen LogP contribution in [0.4, 0.5) is 0 Å². The first-order chi connectivity index (χ1) is 12.0. The maximum absolute atomic E-state index is 12.4. The average molecular weight is 344 g/mol. The monoisotopic (exact) mass is 344 g/mol. The molecule has 0 radical (unpaired) electrons. The molecule has 4 rings (SSSR count). The Morgan fingerprint density at radius 2 is 1.36 bits per heavy atom. The van der Waals surface area contributed by atoms with Crippen molar-refractivity contribution >= 4 is 5.97 Å². The van der Waals surface area contributed by atoms with Gasteiger partial charge in [-0.2, -0.15) is 0 Å².